The molecule has 1 fully saturated rings. The maximum atomic E-state index is 12.1. The van der Waals surface area contributed by atoms with Crippen molar-refractivity contribution in [2.45, 2.75) is 13.3 Å². The van der Waals surface area contributed by atoms with Gasteiger partial charge >= 0.3 is 5.97 Å². The molecule has 120 valence electrons. The lowest BCUT2D eigenvalue weighted by Gasteiger charge is -2.13. The van der Waals surface area contributed by atoms with E-state index in [0.29, 0.717) is 18.7 Å². The van der Waals surface area contributed by atoms with Crippen LogP contribution in [0.1, 0.15) is 17.5 Å². The first-order chi connectivity index (χ1) is 10.0. The Bertz CT molecular complexity index is 586. The van der Waals surface area contributed by atoms with Crippen molar-refractivity contribution in [3.8, 4) is 5.75 Å². The molecule has 0 aromatic heterocycles. The summed E-state index contributed by atoms with van der Waals surface area (Å²) < 4.78 is 5.25. The van der Waals surface area contributed by atoms with Crippen LogP contribution in [-0.2, 0) is 9.59 Å². The molecule has 1 unspecified atom stereocenters. The van der Waals surface area contributed by atoms with Gasteiger partial charge in [0.25, 0.3) is 0 Å². The number of hydrogen-bond acceptors (Lipinski definition) is 3. The van der Waals surface area contributed by atoms with E-state index in [4.69, 9.17) is 9.84 Å². The molecular weight excluding hydrogens is 306 g/mol. The molecule has 22 heavy (non-hydrogen) atoms. The Hall–Kier alpha value is -2.01. The summed E-state index contributed by atoms with van der Waals surface area (Å²) >= 11 is 0. The lowest BCUT2D eigenvalue weighted by atomic mass is 10.1. The Balaban J connectivity index is 0.00000242. The van der Waals surface area contributed by atoms with Crippen molar-refractivity contribution in [1.29, 1.82) is 0 Å². The number of halogens is 1. The van der Waals surface area contributed by atoms with E-state index in [9.17, 15) is 9.59 Å². The molecule has 0 spiro atoms. The third-order valence-electron chi connectivity index (χ3n) is 3.64. The van der Waals surface area contributed by atoms with E-state index < -0.39 is 11.9 Å². The molecule has 1 aromatic carbocycles. The monoisotopic (exact) mass is 325 g/mol. The van der Waals surface area contributed by atoms with Crippen molar-refractivity contribution < 1.29 is 19.4 Å². The zero-order chi connectivity index (χ0) is 15.4. The largest absolute Gasteiger partial charge is 0.496 e. The van der Waals surface area contributed by atoms with Gasteiger partial charge in [0.2, 0.25) is 5.91 Å². The molecule has 1 N–H and O–H groups in total. The number of nitrogens with zero attached hydrogens (tertiary/aromatic N) is 1. The van der Waals surface area contributed by atoms with Gasteiger partial charge in [-0.2, -0.15) is 0 Å². The highest BCUT2D eigenvalue weighted by atomic mass is 35.5. The minimum atomic E-state index is -0.838. The number of aryl methyl sites for hydroxylation is 1. The highest BCUT2D eigenvalue weighted by Crippen LogP contribution is 2.22. The predicted octanol–water partition coefficient (Wildman–Crippen LogP) is 2.37. The number of methoxy groups -OCH3 is 1. The lowest BCUT2D eigenvalue weighted by Crippen LogP contribution is -2.28. The first kappa shape index (κ1) is 18.0. The first-order valence-corrected chi connectivity index (χ1v) is 6.85. The number of aliphatic carboxylic acids is 1. The second-order valence-corrected chi connectivity index (χ2v) is 5.19. The number of ether oxygens (including phenoxy) is 1. The summed E-state index contributed by atoms with van der Waals surface area (Å²) in [5, 5.41) is 8.95. The van der Waals surface area contributed by atoms with Crippen molar-refractivity contribution in [2.24, 2.45) is 5.92 Å². The fourth-order valence-electron chi connectivity index (χ4n) is 2.41. The molecule has 0 aliphatic carbocycles. The summed E-state index contributed by atoms with van der Waals surface area (Å²) in [4.78, 5) is 24.5. The molecule has 1 atom stereocenters. The topological polar surface area (TPSA) is 66.8 Å². The summed E-state index contributed by atoms with van der Waals surface area (Å²) in [6.07, 6.45) is 3.70. The SMILES string of the molecule is COc1ccc(C)cc1/C=C/C(=O)N1CCC(C(=O)O)C1.Cl. The number of carbonyl (C=O) groups excluding carboxylic acids is 1. The van der Waals surface area contributed by atoms with Gasteiger partial charge in [0.15, 0.2) is 0 Å². The Labute approximate surface area is 136 Å². The number of carboxylic acids is 1. The van der Waals surface area contributed by atoms with E-state index in [1.54, 1.807) is 18.1 Å². The van der Waals surface area contributed by atoms with Gasteiger partial charge in [-0.15, -0.1) is 12.4 Å². The van der Waals surface area contributed by atoms with Gasteiger partial charge < -0.3 is 14.7 Å². The molecule has 1 aliphatic rings. The van der Waals surface area contributed by atoms with Gasteiger partial charge in [-0.1, -0.05) is 11.6 Å². The van der Waals surface area contributed by atoms with Crippen LogP contribution in [-0.4, -0.2) is 42.1 Å². The number of hydrogen-bond donors (Lipinski definition) is 1. The van der Waals surface area contributed by atoms with Crippen LogP contribution >= 0.6 is 12.4 Å². The average molecular weight is 326 g/mol. The Morgan fingerprint density at radius 3 is 2.73 bits per heavy atom. The van der Waals surface area contributed by atoms with Crippen molar-refractivity contribution in [2.75, 3.05) is 20.2 Å². The molecule has 5 nitrogen and oxygen atoms in total. The summed E-state index contributed by atoms with van der Waals surface area (Å²) in [7, 11) is 1.59. The Morgan fingerprint density at radius 2 is 2.14 bits per heavy atom. The van der Waals surface area contributed by atoms with Crippen molar-refractivity contribution in [1.82, 2.24) is 4.90 Å². The third kappa shape index (κ3) is 4.24. The van der Waals surface area contributed by atoms with Crippen LogP contribution in [0.2, 0.25) is 0 Å². The molecule has 0 radical (unpaired) electrons. The standard InChI is InChI=1S/C16H19NO4.ClH/c1-11-3-5-14(21-2)12(9-11)4-6-15(18)17-8-7-13(10-17)16(19)20;/h3-6,9,13H,7-8,10H2,1-2H3,(H,19,20);1H/b6-4+;. The predicted molar refractivity (Wildman–Crippen MR) is 86.3 cm³/mol. The number of carboxylic acid groups (broad SMARTS) is 1. The van der Waals surface area contributed by atoms with Gasteiger partial charge in [0.05, 0.1) is 13.0 Å². The van der Waals surface area contributed by atoms with Crippen LogP contribution < -0.4 is 4.74 Å². The molecule has 1 aliphatic heterocycles. The van der Waals surface area contributed by atoms with E-state index >= 15 is 0 Å². The molecule has 2 rings (SSSR count). The molecule has 1 aromatic rings. The van der Waals surface area contributed by atoms with Gasteiger partial charge in [0.1, 0.15) is 5.75 Å². The molecule has 1 saturated heterocycles. The van der Waals surface area contributed by atoms with Gasteiger partial charge in [0, 0.05) is 24.7 Å². The number of benzene rings is 1. The van der Waals surface area contributed by atoms with Gasteiger partial charge in [-0.05, 0) is 31.6 Å². The third-order valence-corrected chi connectivity index (χ3v) is 3.64. The smallest absolute Gasteiger partial charge is 0.308 e. The van der Waals surface area contributed by atoms with E-state index in [2.05, 4.69) is 0 Å². The number of amides is 1. The summed E-state index contributed by atoms with van der Waals surface area (Å²) in [5.74, 6) is -0.748. The number of rotatable bonds is 4. The fraction of sp³-hybridized carbons (Fsp3) is 0.375. The second kappa shape index (κ2) is 7.84. The van der Waals surface area contributed by atoms with Crippen molar-refractivity contribution in [3.63, 3.8) is 0 Å². The molecule has 0 bridgehead atoms. The highest BCUT2D eigenvalue weighted by Gasteiger charge is 2.29. The van der Waals surface area contributed by atoms with Gasteiger partial charge in [-0.3, -0.25) is 9.59 Å². The zero-order valence-electron chi connectivity index (χ0n) is 12.6. The summed E-state index contributed by atoms with van der Waals surface area (Å²) in [6.45, 7) is 2.74. The normalized spacial score (nSPS) is 17.4. The van der Waals surface area contributed by atoms with E-state index in [1.165, 1.54) is 6.08 Å². The molecular formula is C16H20ClNO4. The number of carbonyl (C=O) groups is 2. The van der Waals surface area contributed by atoms with E-state index in [-0.39, 0.29) is 24.9 Å². The van der Waals surface area contributed by atoms with Crippen molar-refractivity contribution >= 4 is 30.4 Å². The first-order valence-electron chi connectivity index (χ1n) is 6.85. The molecule has 0 saturated carbocycles. The Morgan fingerprint density at radius 1 is 1.41 bits per heavy atom. The molecule has 1 heterocycles. The minimum Gasteiger partial charge on any atom is -0.496 e. The number of likely N-dealkylation sites (tertiary alicyclic amines) is 1. The van der Waals surface area contributed by atoms with Crippen LogP contribution in [0.15, 0.2) is 24.3 Å². The molecule has 6 heteroatoms. The zero-order valence-corrected chi connectivity index (χ0v) is 13.4. The van der Waals surface area contributed by atoms with E-state index in [1.807, 2.05) is 25.1 Å². The van der Waals surface area contributed by atoms with Crippen LogP contribution in [0.3, 0.4) is 0 Å². The summed E-state index contributed by atoms with van der Waals surface area (Å²) in [5.41, 5.74) is 1.91. The fourth-order valence-corrected chi connectivity index (χ4v) is 2.41. The maximum Gasteiger partial charge on any atom is 0.308 e. The van der Waals surface area contributed by atoms with E-state index in [0.717, 1.165) is 11.1 Å². The van der Waals surface area contributed by atoms with Crippen molar-refractivity contribution in [3.05, 3.63) is 35.4 Å². The van der Waals surface area contributed by atoms with Crippen LogP contribution in [0.25, 0.3) is 6.08 Å². The maximum absolute atomic E-state index is 12.1. The van der Waals surface area contributed by atoms with Gasteiger partial charge in [-0.25, -0.2) is 0 Å². The van der Waals surface area contributed by atoms with Crippen LogP contribution in [0.4, 0.5) is 0 Å². The highest BCUT2D eigenvalue weighted by molar-refractivity contribution is 5.92. The Kier molecular flexibility index (Phi) is 6.43. The van der Waals surface area contributed by atoms with Crippen LogP contribution in [0.5, 0.6) is 5.75 Å². The summed E-state index contributed by atoms with van der Waals surface area (Å²) in [6, 6.07) is 5.73. The van der Waals surface area contributed by atoms with Crippen LogP contribution in [0, 0.1) is 12.8 Å². The lowest BCUT2D eigenvalue weighted by molar-refractivity contribution is -0.141. The minimum absolute atomic E-state index is 0. The quantitative estimate of drug-likeness (QED) is 0.863. The molecule has 1 amide bonds. The second-order valence-electron chi connectivity index (χ2n) is 5.19. The average Bonchev–Trinajstić information content (AvgIpc) is 2.95.